The summed E-state index contributed by atoms with van der Waals surface area (Å²) in [7, 11) is 3.19. The van der Waals surface area contributed by atoms with Crippen LogP contribution < -0.4 is 5.32 Å². The van der Waals surface area contributed by atoms with Gasteiger partial charge in [0.05, 0.1) is 5.56 Å². The van der Waals surface area contributed by atoms with Crippen LogP contribution in [0.5, 0.6) is 0 Å². The van der Waals surface area contributed by atoms with Crippen LogP contribution in [0.3, 0.4) is 0 Å². The minimum atomic E-state index is -0.542. The van der Waals surface area contributed by atoms with E-state index in [0.29, 0.717) is 18.4 Å². The molecule has 0 atom stereocenters. The third kappa shape index (κ3) is 3.14. The molecule has 2 rings (SSSR count). The van der Waals surface area contributed by atoms with Crippen molar-refractivity contribution in [2.75, 3.05) is 26.0 Å². The van der Waals surface area contributed by atoms with E-state index in [-0.39, 0.29) is 18.4 Å². The van der Waals surface area contributed by atoms with Crippen LogP contribution in [0.2, 0.25) is 0 Å². The summed E-state index contributed by atoms with van der Waals surface area (Å²) in [6.07, 6.45) is 1.00. The highest BCUT2D eigenvalue weighted by atomic mass is 16.5. The van der Waals surface area contributed by atoms with Crippen molar-refractivity contribution in [3.05, 3.63) is 29.3 Å². The Labute approximate surface area is 116 Å². The summed E-state index contributed by atoms with van der Waals surface area (Å²) in [6.45, 7) is -0.278. The smallest absolute Gasteiger partial charge is 0.338 e. The number of hydrogen-bond donors (Lipinski definition) is 1. The molecule has 1 heterocycles. The van der Waals surface area contributed by atoms with Gasteiger partial charge in [0, 0.05) is 26.2 Å². The second-order valence-corrected chi connectivity index (χ2v) is 4.78. The van der Waals surface area contributed by atoms with E-state index in [1.54, 1.807) is 32.3 Å². The Bertz CT molecular complexity index is 566. The van der Waals surface area contributed by atoms with Crippen LogP contribution in [0.15, 0.2) is 18.2 Å². The summed E-state index contributed by atoms with van der Waals surface area (Å²) >= 11 is 0. The van der Waals surface area contributed by atoms with Crippen molar-refractivity contribution in [3.63, 3.8) is 0 Å². The number of hydrogen-bond acceptors (Lipinski definition) is 4. The van der Waals surface area contributed by atoms with E-state index in [4.69, 9.17) is 4.74 Å². The lowest BCUT2D eigenvalue weighted by molar-refractivity contribution is -0.132. The number of likely N-dealkylation sites (N-methyl/N-ethyl adjacent to an activating group) is 1. The minimum Gasteiger partial charge on any atom is -0.452 e. The molecule has 0 bridgehead atoms. The number of nitrogens with zero attached hydrogens (tertiary/aromatic N) is 1. The Balaban J connectivity index is 2.04. The average molecular weight is 276 g/mol. The van der Waals surface area contributed by atoms with Gasteiger partial charge in [0.1, 0.15) is 0 Å². The molecule has 0 spiro atoms. The largest absolute Gasteiger partial charge is 0.452 e. The molecular formula is C14H16N2O4. The molecule has 0 radical (unpaired) electrons. The number of rotatable bonds is 3. The van der Waals surface area contributed by atoms with Gasteiger partial charge in [0.25, 0.3) is 5.91 Å². The molecule has 20 heavy (non-hydrogen) atoms. The molecule has 106 valence electrons. The first-order valence-corrected chi connectivity index (χ1v) is 6.27. The van der Waals surface area contributed by atoms with Crippen LogP contribution in [-0.4, -0.2) is 43.4 Å². The highest BCUT2D eigenvalue weighted by Crippen LogP contribution is 2.23. The van der Waals surface area contributed by atoms with E-state index < -0.39 is 5.97 Å². The molecule has 2 amide bonds. The fraction of sp³-hybridized carbons (Fsp3) is 0.357. The van der Waals surface area contributed by atoms with Crippen LogP contribution in [0, 0.1) is 0 Å². The predicted molar refractivity (Wildman–Crippen MR) is 72.4 cm³/mol. The van der Waals surface area contributed by atoms with Gasteiger partial charge in [-0.25, -0.2) is 4.79 Å². The second-order valence-electron chi connectivity index (χ2n) is 4.78. The first kappa shape index (κ1) is 14.0. The lowest BCUT2D eigenvalue weighted by Crippen LogP contribution is -2.27. The zero-order chi connectivity index (χ0) is 14.7. The number of anilines is 1. The third-order valence-corrected chi connectivity index (χ3v) is 3.06. The summed E-state index contributed by atoms with van der Waals surface area (Å²) in [4.78, 5) is 35.8. The molecule has 1 aromatic rings. The normalized spacial score (nSPS) is 13.2. The van der Waals surface area contributed by atoms with Crippen LogP contribution in [0.25, 0.3) is 0 Å². The van der Waals surface area contributed by atoms with Crippen LogP contribution in [0.1, 0.15) is 22.3 Å². The maximum absolute atomic E-state index is 11.8. The summed E-state index contributed by atoms with van der Waals surface area (Å²) in [6, 6.07) is 4.95. The third-order valence-electron chi connectivity index (χ3n) is 3.06. The monoisotopic (exact) mass is 276 g/mol. The highest BCUT2D eigenvalue weighted by Gasteiger charge is 2.17. The number of aryl methyl sites for hydroxylation is 1. The van der Waals surface area contributed by atoms with E-state index in [9.17, 15) is 14.4 Å². The molecule has 0 aliphatic carbocycles. The van der Waals surface area contributed by atoms with Crippen molar-refractivity contribution in [1.29, 1.82) is 0 Å². The average Bonchev–Trinajstić information content (AvgIpc) is 2.43. The molecule has 1 aromatic carbocycles. The number of ether oxygens (including phenoxy) is 1. The maximum atomic E-state index is 11.8. The first-order chi connectivity index (χ1) is 9.47. The number of nitrogens with one attached hydrogen (secondary N) is 1. The van der Waals surface area contributed by atoms with Crippen molar-refractivity contribution in [2.45, 2.75) is 12.8 Å². The Morgan fingerprint density at radius 3 is 2.75 bits per heavy atom. The van der Waals surface area contributed by atoms with Gasteiger partial charge in [-0.3, -0.25) is 9.59 Å². The molecular weight excluding hydrogens is 260 g/mol. The van der Waals surface area contributed by atoms with Gasteiger partial charge in [0.2, 0.25) is 5.91 Å². The number of carbonyl (C=O) groups excluding carboxylic acids is 3. The van der Waals surface area contributed by atoms with Crippen molar-refractivity contribution in [3.8, 4) is 0 Å². The highest BCUT2D eigenvalue weighted by molar-refractivity contribution is 5.96. The Morgan fingerprint density at radius 1 is 1.30 bits per heavy atom. The summed E-state index contributed by atoms with van der Waals surface area (Å²) in [5.41, 5.74) is 2.01. The molecule has 0 fully saturated rings. The molecule has 1 aliphatic heterocycles. The number of esters is 1. The van der Waals surface area contributed by atoms with Crippen LogP contribution in [-0.2, 0) is 20.7 Å². The second kappa shape index (κ2) is 5.73. The number of carbonyl (C=O) groups is 3. The lowest BCUT2D eigenvalue weighted by atomic mass is 10.0. The van der Waals surface area contributed by atoms with Gasteiger partial charge in [-0.2, -0.15) is 0 Å². The number of benzene rings is 1. The van der Waals surface area contributed by atoms with Crippen LogP contribution >= 0.6 is 0 Å². The van der Waals surface area contributed by atoms with Crippen molar-refractivity contribution >= 4 is 23.5 Å². The van der Waals surface area contributed by atoms with Crippen molar-refractivity contribution in [1.82, 2.24) is 4.90 Å². The van der Waals surface area contributed by atoms with E-state index in [2.05, 4.69) is 5.32 Å². The summed E-state index contributed by atoms with van der Waals surface area (Å²) < 4.78 is 4.95. The Hall–Kier alpha value is -2.37. The molecule has 0 saturated carbocycles. The van der Waals surface area contributed by atoms with E-state index in [1.807, 2.05) is 0 Å². The molecule has 6 nitrogen and oxygen atoms in total. The maximum Gasteiger partial charge on any atom is 0.338 e. The quantitative estimate of drug-likeness (QED) is 0.829. The van der Waals surface area contributed by atoms with Gasteiger partial charge in [0.15, 0.2) is 6.61 Å². The Kier molecular flexibility index (Phi) is 4.02. The fourth-order valence-electron chi connectivity index (χ4n) is 1.85. The first-order valence-electron chi connectivity index (χ1n) is 6.27. The molecule has 1 aliphatic rings. The van der Waals surface area contributed by atoms with Gasteiger partial charge in [-0.05, 0) is 30.2 Å². The van der Waals surface area contributed by atoms with Crippen LogP contribution in [0.4, 0.5) is 5.69 Å². The standard InChI is InChI=1S/C14H16N2O4/c1-16(2)13(18)8-20-14(19)10-3-5-11-9(7-10)4-6-12(17)15-11/h3,5,7H,4,6,8H2,1-2H3,(H,15,17). The minimum absolute atomic E-state index is 0.0237. The SMILES string of the molecule is CN(C)C(=O)COC(=O)c1ccc2c(c1)CCC(=O)N2. The van der Waals surface area contributed by atoms with E-state index >= 15 is 0 Å². The predicted octanol–water partition coefficient (Wildman–Crippen LogP) is 0.816. The molecule has 1 N–H and O–H groups in total. The zero-order valence-corrected chi connectivity index (χ0v) is 11.4. The van der Waals surface area contributed by atoms with Crippen molar-refractivity contribution < 1.29 is 19.1 Å². The van der Waals surface area contributed by atoms with E-state index in [1.165, 1.54) is 4.90 Å². The lowest BCUT2D eigenvalue weighted by Gasteiger charge is -2.17. The zero-order valence-electron chi connectivity index (χ0n) is 11.4. The van der Waals surface area contributed by atoms with Crippen molar-refractivity contribution in [2.24, 2.45) is 0 Å². The fourth-order valence-corrected chi connectivity index (χ4v) is 1.85. The van der Waals surface area contributed by atoms with Gasteiger partial charge >= 0.3 is 5.97 Å². The van der Waals surface area contributed by atoms with Gasteiger partial charge in [-0.1, -0.05) is 0 Å². The topological polar surface area (TPSA) is 75.7 Å². The molecule has 6 heteroatoms. The molecule has 0 aromatic heterocycles. The van der Waals surface area contributed by atoms with Gasteiger partial charge in [-0.15, -0.1) is 0 Å². The number of amides is 2. The molecule has 0 unspecified atom stereocenters. The van der Waals surface area contributed by atoms with E-state index in [0.717, 1.165) is 11.3 Å². The summed E-state index contributed by atoms with van der Waals surface area (Å²) in [5.74, 6) is -0.840. The summed E-state index contributed by atoms with van der Waals surface area (Å²) in [5, 5.41) is 2.74. The Morgan fingerprint density at radius 2 is 2.05 bits per heavy atom. The number of fused-ring (bicyclic) bond motifs is 1. The molecule has 0 saturated heterocycles. The van der Waals surface area contributed by atoms with Gasteiger partial charge < -0.3 is 15.0 Å².